The Kier molecular flexibility index (Phi) is 6.58. The summed E-state index contributed by atoms with van der Waals surface area (Å²) >= 11 is 0. The van der Waals surface area contributed by atoms with Crippen LogP contribution in [-0.2, 0) is 6.18 Å². The van der Waals surface area contributed by atoms with Crippen LogP contribution in [0.5, 0.6) is 0 Å². The topological polar surface area (TPSA) is 73.8 Å². The number of hydrogen-bond acceptors (Lipinski definition) is 5. The molecule has 10 heteroatoms. The van der Waals surface area contributed by atoms with Crippen molar-refractivity contribution in [1.82, 2.24) is 14.8 Å². The molecular formula is C24H25F3N4O3. The van der Waals surface area contributed by atoms with E-state index in [4.69, 9.17) is 0 Å². The molecule has 1 aromatic carbocycles. The highest BCUT2D eigenvalue weighted by Crippen LogP contribution is 2.33. The molecule has 1 saturated heterocycles. The second-order valence-corrected chi connectivity index (χ2v) is 8.38. The lowest BCUT2D eigenvalue weighted by atomic mass is 10.1. The molecule has 0 unspecified atom stereocenters. The van der Waals surface area contributed by atoms with Crippen LogP contribution in [0.3, 0.4) is 0 Å². The van der Waals surface area contributed by atoms with Gasteiger partial charge in [-0.05, 0) is 24.6 Å². The van der Waals surface area contributed by atoms with E-state index in [0.717, 1.165) is 25.3 Å². The first-order valence-electron chi connectivity index (χ1n) is 11.3. The van der Waals surface area contributed by atoms with Crippen LogP contribution < -0.4 is 4.90 Å². The van der Waals surface area contributed by atoms with E-state index in [1.165, 1.54) is 34.2 Å². The van der Waals surface area contributed by atoms with Crippen molar-refractivity contribution in [3.8, 4) is 0 Å². The summed E-state index contributed by atoms with van der Waals surface area (Å²) in [6, 6.07) is 6.35. The maximum atomic E-state index is 13.3. The summed E-state index contributed by atoms with van der Waals surface area (Å²) in [5, 5.41) is 0. The van der Waals surface area contributed by atoms with E-state index in [-0.39, 0.29) is 36.0 Å². The summed E-state index contributed by atoms with van der Waals surface area (Å²) in [7, 11) is 0. The molecule has 2 aliphatic heterocycles. The van der Waals surface area contributed by atoms with Crippen molar-refractivity contribution in [2.45, 2.75) is 32.4 Å². The molecule has 2 aromatic rings. The standard InChI is InChI=1S/C24H25F3N4O3/c1-2-3-6-9-31-22(33)17-14-20(28-15-18(17)23(31)34)29-10-12-30(13-11-29)21(32)16-7-4-5-8-19(16)24(25,26)27/h4-5,7-8,14-15H,2-3,6,9-13H2,1H3. The number of pyridine rings is 1. The monoisotopic (exact) mass is 474 g/mol. The minimum atomic E-state index is -4.61. The molecular weight excluding hydrogens is 449 g/mol. The molecule has 0 N–H and O–H groups in total. The van der Waals surface area contributed by atoms with Crippen molar-refractivity contribution in [2.75, 3.05) is 37.6 Å². The van der Waals surface area contributed by atoms with E-state index in [2.05, 4.69) is 4.98 Å². The molecule has 1 aromatic heterocycles. The van der Waals surface area contributed by atoms with Crippen LogP contribution in [0.15, 0.2) is 36.5 Å². The lowest BCUT2D eigenvalue weighted by molar-refractivity contribution is -0.138. The number of halogens is 3. The molecule has 7 nitrogen and oxygen atoms in total. The van der Waals surface area contributed by atoms with Crippen molar-refractivity contribution < 1.29 is 27.6 Å². The number of alkyl halides is 3. The van der Waals surface area contributed by atoms with E-state index in [1.54, 1.807) is 6.07 Å². The fourth-order valence-corrected chi connectivity index (χ4v) is 4.30. The number of anilines is 1. The zero-order valence-electron chi connectivity index (χ0n) is 18.8. The summed E-state index contributed by atoms with van der Waals surface area (Å²) in [5.74, 6) is -0.845. The van der Waals surface area contributed by atoms with Crippen LogP contribution in [0.25, 0.3) is 0 Å². The van der Waals surface area contributed by atoms with Gasteiger partial charge in [0.25, 0.3) is 17.7 Å². The first kappa shape index (κ1) is 23.7. The van der Waals surface area contributed by atoms with Gasteiger partial charge in [-0.15, -0.1) is 0 Å². The highest BCUT2D eigenvalue weighted by molar-refractivity contribution is 6.21. The number of hydrogen-bond donors (Lipinski definition) is 0. The molecule has 2 aliphatic rings. The number of unbranched alkanes of at least 4 members (excludes halogenated alkanes) is 2. The highest BCUT2D eigenvalue weighted by atomic mass is 19.4. The SMILES string of the molecule is CCCCCN1C(=O)c2cnc(N3CCN(C(=O)c4ccccc4C(F)(F)F)CC3)cc2C1=O. The Bertz CT molecular complexity index is 1110. The molecule has 0 saturated carbocycles. The van der Waals surface area contributed by atoms with Gasteiger partial charge in [-0.3, -0.25) is 19.3 Å². The molecule has 0 radical (unpaired) electrons. The predicted octanol–water partition coefficient (Wildman–Crippen LogP) is 3.85. The van der Waals surface area contributed by atoms with E-state index in [0.29, 0.717) is 31.0 Å². The smallest absolute Gasteiger partial charge is 0.353 e. The number of fused-ring (bicyclic) bond motifs is 1. The van der Waals surface area contributed by atoms with Crippen LogP contribution >= 0.6 is 0 Å². The van der Waals surface area contributed by atoms with Crippen LogP contribution in [0.4, 0.5) is 19.0 Å². The van der Waals surface area contributed by atoms with Gasteiger partial charge in [-0.25, -0.2) is 4.98 Å². The predicted molar refractivity (Wildman–Crippen MR) is 119 cm³/mol. The van der Waals surface area contributed by atoms with Gasteiger partial charge in [0.2, 0.25) is 0 Å². The fraction of sp³-hybridized carbons (Fsp3) is 0.417. The molecule has 3 heterocycles. The number of carbonyl (C=O) groups excluding carboxylic acids is 3. The van der Waals surface area contributed by atoms with Crippen molar-refractivity contribution in [3.63, 3.8) is 0 Å². The maximum Gasteiger partial charge on any atom is 0.417 e. The van der Waals surface area contributed by atoms with Gasteiger partial charge < -0.3 is 9.80 Å². The van der Waals surface area contributed by atoms with Gasteiger partial charge >= 0.3 is 6.18 Å². The number of carbonyl (C=O) groups is 3. The quantitative estimate of drug-likeness (QED) is 0.470. The van der Waals surface area contributed by atoms with Gasteiger partial charge in [-0.1, -0.05) is 31.9 Å². The van der Waals surface area contributed by atoms with Crippen LogP contribution in [0.1, 0.15) is 62.8 Å². The summed E-state index contributed by atoms with van der Waals surface area (Å²) in [4.78, 5) is 47.0. The van der Waals surface area contributed by atoms with Gasteiger partial charge in [-0.2, -0.15) is 13.2 Å². The minimum Gasteiger partial charge on any atom is -0.353 e. The largest absolute Gasteiger partial charge is 0.417 e. The zero-order chi connectivity index (χ0) is 24.5. The molecule has 0 bridgehead atoms. The van der Waals surface area contributed by atoms with Gasteiger partial charge in [0, 0.05) is 38.9 Å². The Morgan fingerprint density at radius 3 is 2.35 bits per heavy atom. The number of aromatic nitrogens is 1. The van der Waals surface area contributed by atoms with Gasteiger partial charge in [0.1, 0.15) is 5.82 Å². The molecule has 3 amide bonds. The molecule has 180 valence electrons. The Hall–Kier alpha value is -3.43. The Morgan fingerprint density at radius 1 is 1.00 bits per heavy atom. The van der Waals surface area contributed by atoms with Crippen molar-refractivity contribution in [2.24, 2.45) is 0 Å². The number of imide groups is 1. The van der Waals surface area contributed by atoms with Gasteiger partial charge in [0.05, 0.1) is 22.3 Å². The first-order valence-corrected chi connectivity index (χ1v) is 11.3. The van der Waals surface area contributed by atoms with Gasteiger partial charge in [0.15, 0.2) is 0 Å². The van der Waals surface area contributed by atoms with E-state index < -0.39 is 17.6 Å². The average Bonchev–Trinajstić information content (AvgIpc) is 3.07. The second-order valence-electron chi connectivity index (χ2n) is 8.38. The number of rotatable bonds is 6. The lowest BCUT2D eigenvalue weighted by Gasteiger charge is -2.35. The van der Waals surface area contributed by atoms with Crippen LogP contribution in [-0.4, -0.2) is 65.2 Å². The average molecular weight is 474 g/mol. The third-order valence-electron chi connectivity index (χ3n) is 6.18. The molecule has 0 atom stereocenters. The molecule has 34 heavy (non-hydrogen) atoms. The second kappa shape index (κ2) is 9.44. The number of amides is 3. The van der Waals surface area contributed by atoms with Crippen molar-refractivity contribution in [1.29, 1.82) is 0 Å². The third kappa shape index (κ3) is 4.49. The Labute approximate surface area is 195 Å². The zero-order valence-corrected chi connectivity index (χ0v) is 18.8. The van der Waals surface area contributed by atoms with Crippen LogP contribution in [0.2, 0.25) is 0 Å². The molecule has 4 rings (SSSR count). The van der Waals surface area contributed by atoms with E-state index in [1.807, 2.05) is 11.8 Å². The Morgan fingerprint density at radius 2 is 1.68 bits per heavy atom. The first-order chi connectivity index (χ1) is 16.2. The fourth-order valence-electron chi connectivity index (χ4n) is 4.30. The number of nitrogens with zero attached hydrogens (tertiary/aromatic N) is 4. The number of benzene rings is 1. The summed E-state index contributed by atoms with van der Waals surface area (Å²) in [5.41, 5.74) is -0.729. The Balaban J connectivity index is 1.44. The molecule has 1 fully saturated rings. The van der Waals surface area contributed by atoms with Crippen LogP contribution in [0, 0.1) is 0 Å². The summed E-state index contributed by atoms with van der Waals surface area (Å²) in [6.45, 7) is 3.51. The third-order valence-corrected chi connectivity index (χ3v) is 6.18. The lowest BCUT2D eigenvalue weighted by Crippen LogP contribution is -2.49. The van der Waals surface area contributed by atoms with E-state index in [9.17, 15) is 27.6 Å². The van der Waals surface area contributed by atoms with E-state index >= 15 is 0 Å². The summed E-state index contributed by atoms with van der Waals surface area (Å²) < 4.78 is 39.9. The maximum absolute atomic E-state index is 13.3. The summed E-state index contributed by atoms with van der Waals surface area (Å²) in [6.07, 6.45) is -0.563. The normalized spacial score (nSPS) is 16.3. The van der Waals surface area contributed by atoms with Crippen molar-refractivity contribution >= 4 is 23.5 Å². The molecule has 0 spiro atoms. The highest BCUT2D eigenvalue weighted by Gasteiger charge is 2.38. The minimum absolute atomic E-state index is 0.208. The van der Waals surface area contributed by atoms with Crippen molar-refractivity contribution in [3.05, 3.63) is 58.8 Å². The number of piperazine rings is 1. The molecule has 0 aliphatic carbocycles.